The number of alkyl halides is 1. The summed E-state index contributed by atoms with van der Waals surface area (Å²) in [5.74, 6) is 0.608. The Morgan fingerprint density at radius 3 is 3.12 bits per heavy atom. The summed E-state index contributed by atoms with van der Waals surface area (Å²) >= 11 is 9.30. The van der Waals surface area contributed by atoms with Gasteiger partial charge in [0.2, 0.25) is 0 Å². The van der Waals surface area contributed by atoms with Gasteiger partial charge in [-0.05, 0) is 28.1 Å². The highest BCUT2D eigenvalue weighted by molar-refractivity contribution is 9.10. The van der Waals surface area contributed by atoms with Gasteiger partial charge in [-0.15, -0.1) is 11.6 Å². The fourth-order valence-corrected chi connectivity index (χ4v) is 2.27. The first-order valence-corrected chi connectivity index (χ1v) is 6.60. The molecule has 0 N–H and O–H groups in total. The zero-order valence-electron chi connectivity index (χ0n) is 8.90. The summed E-state index contributed by atoms with van der Waals surface area (Å²) in [6.07, 6.45) is 1.82. The molecule has 0 saturated carbocycles. The van der Waals surface area contributed by atoms with Crippen molar-refractivity contribution in [3.63, 3.8) is 0 Å². The van der Waals surface area contributed by atoms with Gasteiger partial charge in [0.05, 0.1) is 18.9 Å². The summed E-state index contributed by atoms with van der Waals surface area (Å²) in [4.78, 5) is 6.69. The van der Waals surface area contributed by atoms with E-state index in [1.54, 1.807) is 0 Å². The standard InChI is InChI=1S/C11H14BrClN2O/c12-9-1-2-10(14-6-9)7-15-3-4-16-8-11(15)5-13/h1-2,6,11H,3-5,7-8H2. The van der Waals surface area contributed by atoms with Gasteiger partial charge in [0.1, 0.15) is 0 Å². The summed E-state index contributed by atoms with van der Waals surface area (Å²) in [5, 5.41) is 0. The van der Waals surface area contributed by atoms with Gasteiger partial charge >= 0.3 is 0 Å². The lowest BCUT2D eigenvalue weighted by Crippen LogP contribution is -2.46. The van der Waals surface area contributed by atoms with Crippen molar-refractivity contribution in [2.24, 2.45) is 0 Å². The van der Waals surface area contributed by atoms with E-state index in [0.717, 1.165) is 36.5 Å². The third-order valence-corrected chi connectivity index (χ3v) is 3.51. The highest BCUT2D eigenvalue weighted by Gasteiger charge is 2.22. The molecular weight excluding hydrogens is 291 g/mol. The van der Waals surface area contributed by atoms with Crippen LogP contribution in [0.15, 0.2) is 22.8 Å². The quantitative estimate of drug-likeness (QED) is 0.801. The lowest BCUT2D eigenvalue weighted by atomic mass is 10.2. The zero-order valence-corrected chi connectivity index (χ0v) is 11.2. The first kappa shape index (κ1) is 12.3. The van der Waals surface area contributed by atoms with Gasteiger partial charge < -0.3 is 4.74 Å². The summed E-state index contributed by atoms with van der Waals surface area (Å²) in [6.45, 7) is 3.27. The van der Waals surface area contributed by atoms with Gasteiger partial charge in [0.15, 0.2) is 0 Å². The maximum absolute atomic E-state index is 5.92. The lowest BCUT2D eigenvalue weighted by Gasteiger charge is -2.34. The third kappa shape index (κ3) is 3.17. The number of rotatable bonds is 3. The van der Waals surface area contributed by atoms with Crippen molar-refractivity contribution in [2.75, 3.05) is 25.6 Å². The van der Waals surface area contributed by atoms with Crippen molar-refractivity contribution in [2.45, 2.75) is 12.6 Å². The molecule has 2 rings (SSSR count). The Kier molecular flexibility index (Phi) is 4.58. The number of nitrogens with zero attached hydrogens (tertiary/aromatic N) is 2. The number of hydrogen-bond acceptors (Lipinski definition) is 3. The van der Waals surface area contributed by atoms with E-state index in [1.807, 2.05) is 18.3 Å². The summed E-state index contributed by atoms with van der Waals surface area (Å²) in [6, 6.07) is 4.35. The van der Waals surface area contributed by atoms with Crippen LogP contribution in [0.25, 0.3) is 0 Å². The smallest absolute Gasteiger partial charge is 0.0634 e. The second kappa shape index (κ2) is 5.96. The van der Waals surface area contributed by atoms with E-state index in [0.29, 0.717) is 11.9 Å². The van der Waals surface area contributed by atoms with E-state index in [1.165, 1.54) is 0 Å². The molecule has 1 unspecified atom stereocenters. The molecule has 1 aliphatic rings. The summed E-state index contributed by atoms with van der Waals surface area (Å²) < 4.78 is 6.41. The molecule has 88 valence electrons. The van der Waals surface area contributed by atoms with E-state index >= 15 is 0 Å². The van der Waals surface area contributed by atoms with Crippen molar-refractivity contribution >= 4 is 27.5 Å². The van der Waals surface area contributed by atoms with Crippen molar-refractivity contribution in [1.82, 2.24) is 9.88 Å². The predicted molar refractivity (Wildman–Crippen MR) is 67.7 cm³/mol. The normalized spacial score (nSPS) is 22.2. The maximum Gasteiger partial charge on any atom is 0.0634 e. The Hall–Kier alpha value is -0.160. The molecule has 2 heterocycles. The molecule has 0 aromatic carbocycles. The van der Waals surface area contributed by atoms with Crippen LogP contribution in [0.4, 0.5) is 0 Å². The third-order valence-electron chi connectivity index (χ3n) is 2.68. The number of ether oxygens (including phenoxy) is 1. The van der Waals surface area contributed by atoms with E-state index in [4.69, 9.17) is 16.3 Å². The van der Waals surface area contributed by atoms with Gasteiger partial charge in [0.25, 0.3) is 0 Å². The fourth-order valence-electron chi connectivity index (χ4n) is 1.75. The monoisotopic (exact) mass is 304 g/mol. The Balaban J connectivity index is 1.99. The van der Waals surface area contributed by atoms with Gasteiger partial charge in [0, 0.05) is 35.7 Å². The number of halogens is 2. The largest absolute Gasteiger partial charge is 0.378 e. The van der Waals surface area contributed by atoms with E-state index < -0.39 is 0 Å². The number of pyridine rings is 1. The second-order valence-corrected chi connectivity index (χ2v) is 5.05. The molecule has 16 heavy (non-hydrogen) atoms. The van der Waals surface area contributed by atoms with E-state index in [-0.39, 0.29) is 0 Å². The first-order chi connectivity index (χ1) is 7.79. The maximum atomic E-state index is 5.92. The summed E-state index contributed by atoms with van der Waals surface area (Å²) in [5.41, 5.74) is 1.07. The molecule has 3 nitrogen and oxygen atoms in total. The van der Waals surface area contributed by atoms with Crippen LogP contribution >= 0.6 is 27.5 Å². The predicted octanol–water partition coefficient (Wildman–Crippen LogP) is 2.28. The van der Waals surface area contributed by atoms with Crippen molar-refractivity contribution in [3.05, 3.63) is 28.5 Å². The van der Waals surface area contributed by atoms with Crippen LogP contribution in [0.3, 0.4) is 0 Å². The highest BCUT2D eigenvalue weighted by atomic mass is 79.9. The average Bonchev–Trinajstić information content (AvgIpc) is 2.33. The molecule has 1 atom stereocenters. The van der Waals surface area contributed by atoms with Crippen LogP contribution in [0.5, 0.6) is 0 Å². The molecular formula is C11H14BrClN2O. The molecule has 1 aliphatic heterocycles. The van der Waals surface area contributed by atoms with Gasteiger partial charge in [-0.2, -0.15) is 0 Å². The van der Waals surface area contributed by atoms with Crippen LogP contribution < -0.4 is 0 Å². The zero-order chi connectivity index (χ0) is 11.4. The molecule has 5 heteroatoms. The van der Waals surface area contributed by atoms with E-state index in [2.05, 4.69) is 25.8 Å². The lowest BCUT2D eigenvalue weighted by molar-refractivity contribution is -0.00358. The van der Waals surface area contributed by atoms with E-state index in [9.17, 15) is 0 Å². The van der Waals surface area contributed by atoms with Crippen molar-refractivity contribution in [3.8, 4) is 0 Å². The van der Waals surface area contributed by atoms with Gasteiger partial charge in [-0.25, -0.2) is 0 Å². The molecule has 1 fully saturated rings. The Morgan fingerprint density at radius 2 is 2.44 bits per heavy atom. The second-order valence-electron chi connectivity index (χ2n) is 3.82. The SMILES string of the molecule is ClCC1COCCN1Cc1ccc(Br)cn1. The minimum atomic E-state index is 0.306. The topological polar surface area (TPSA) is 25.4 Å². The van der Waals surface area contributed by atoms with Crippen LogP contribution in [-0.4, -0.2) is 41.6 Å². The molecule has 1 saturated heterocycles. The van der Waals surface area contributed by atoms with Crippen LogP contribution in [0.1, 0.15) is 5.69 Å². The fraction of sp³-hybridized carbons (Fsp3) is 0.545. The van der Waals surface area contributed by atoms with Gasteiger partial charge in [-0.3, -0.25) is 9.88 Å². The van der Waals surface area contributed by atoms with Crippen molar-refractivity contribution < 1.29 is 4.74 Å². The molecule has 0 amide bonds. The molecule has 1 aromatic rings. The number of aromatic nitrogens is 1. The molecule has 0 spiro atoms. The van der Waals surface area contributed by atoms with Gasteiger partial charge in [-0.1, -0.05) is 0 Å². The average molecular weight is 306 g/mol. The molecule has 0 radical (unpaired) electrons. The summed E-state index contributed by atoms with van der Waals surface area (Å²) in [7, 11) is 0. The number of hydrogen-bond donors (Lipinski definition) is 0. The first-order valence-electron chi connectivity index (χ1n) is 5.28. The Morgan fingerprint density at radius 1 is 1.56 bits per heavy atom. The Bertz CT molecular complexity index is 333. The highest BCUT2D eigenvalue weighted by Crippen LogP contribution is 2.14. The Labute approximate surface area is 109 Å². The minimum absolute atomic E-state index is 0.306. The molecule has 0 bridgehead atoms. The van der Waals surface area contributed by atoms with Crippen LogP contribution in [0, 0.1) is 0 Å². The minimum Gasteiger partial charge on any atom is -0.378 e. The molecule has 0 aliphatic carbocycles. The molecule has 1 aromatic heterocycles. The number of morpholine rings is 1. The van der Waals surface area contributed by atoms with Crippen LogP contribution in [-0.2, 0) is 11.3 Å². The van der Waals surface area contributed by atoms with Crippen LogP contribution in [0.2, 0.25) is 0 Å². The van der Waals surface area contributed by atoms with Crippen molar-refractivity contribution in [1.29, 1.82) is 0 Å².